The van der Waals surface area contributed by atoms with Gasteiger partial charge in [0.2, 0.25) is 0 Å². The number of benzene rings is 1. The highest BCUT2D eigenvalue weighted by atomic mass is 16.5. The van der Waals surface area contributed by atoms with E-state index in [0.717, 1.165) is 17.8 Å². The Bertz CT molecular complexity index is 943. The van der Waals surface area contributed by atoms with Gasteiger partial charge in [-0.2, -0.15) is 4.98 Å². The lowest BCUT2D eigenvalue weighted by atomic mass is 9.87. The molecule has 9 nitrogen and oxygen atoms in total. The van der Waals surface area contributed by atoms with E-state index in [1.54, 1.807) is 6.92 Å². The molecule has 0 spiro atoms. The van der Waals surface area contributed by atoms with E-state index in [1.807, 2.05) is 46.1 Å². The Hall–Kier alpha value is -2.78. The van der Waals surface area contributed by atoms with Crippen molar-refractivity contribution in [2.75, 3.05) is 27.2 Å². The van der Waals surface area contributed by atoms with Gasteiger partial charge < -0.3 is 19.8 Å². The molecule has 1 aromatic heterocycles. The zero-order valence-electron chi connectivity index (χ0n) is 18.2. The fourth-order valence-electron chi connectivity index (χ4n) is 4.25. The normalized spacial score (nSPS) is 23.1. The highest BCUT2D eigenvalue weighted by molar-refractivity contribution is 5.89. The maximum Gasteiger partial charge on any atom is 0.407 e. The SMILES string of the molecule is CCN(C(=O)O)[C@@H]1C[C@H](C)[N+](C)(C(C)=O)c2ccc(-c3nc(CCNC)no3)cc21. The maximum absolute atomic E-state index is 12.6. The number of likely N-dealkylation sites (N-methyl/N-ethyl adjacent to an activating group) is 1. The fraction of sp³-hybridized carbons (Fsp3) is 0.524. The highest BCUT2D eigenvalue weighted by Crippen LogP contribution is 2.45. The van der Waals surface area contributed by atoms with Crippen LogP contribution in [0.3, 0.4) is 0 Å². The highest BCUT2D eigenvalue weighted by Gasteiger charge is 2.47. The van der Waals surface area contributed by atoms with E-state index in [1.165, 1.54) is 4.90 Å². The van der Waals surface area contributed by atoms with Crippen LogP contribution in [0, 0.1) is 0 Å². The fourth-order valence-corrected chi connectivity index (χ4v) is 4.25. The van der Waals surface area contributed by atoms with Gasteiger partial charge in [0.15, 0.2) is 5.82 Å². The van der Waals surface area contributed by atoms with Crippen molar-refractivity contribution in [2.45, 2.75) is 45.7 Å². The van der Waals surface area contributed by atoms with Crippen LogP contribution in [0.4, 0.5) is 10.5 Å². The summed E-state index contributed by atoms with van der Waals surface area (Å²) in [6.07, 6.45) is 0.217. The molecule has 0 bridgehead atoms. The molecule has 1 aliphatic rings. The number of amides is 2. The molecule has 1 aliphatic heterocycles. The topological polar surface area (TPSA) is 109 Å². The zero-order valence-corrected chi connectivity index (χ0v) is 18.2. The van der Waals surface area contributed by atoms with Crippen LogP contribution in [0.1, 0.15) is 44.6 Å². The van der Waals surface area contributed by atoms with Crippen molar-refractivity contribution >= 4 is 17.7 Å². The molecule has 0 radical (unpaired) electrons. The van der Waals surface area contributed by atoms with Crippen LogP contribution in [-0.2, 0) is 11.2 Å². The summed E-state index contributed by atoms with van der Waals surface area (Å²) in [5.41, 5.74) is 2.33. The van der Waals surface area contributed by atoms with E-state index in [2.05, 4.69) is 15.5 Å². The molecule has 2 aromatic rings. The first-order chi connectivity index (χ1) is 14.2. The first-order valence-electron chi connectivity index (χ1n) is 10.2. The number of rotatable bonds is 6. The first kappa shape index (κ1) is 21.9. The summed E-state index contributed by atoms with van der Waals surface area (Å²) in [4.78, 5) is 30.4. The third-order valence-electron chi connectivity index (χ3n) is 6.26. The van der Waals surface area contributed by atoms with Gasteiger partial charge in [-0.05, 0) is 33.0 Å². The zero-order chi connectivity index (χ0) is 22.1. The van der Waals surface area contributed by atoms with Gasteiger partial charge in [0.05, 0.1) is 26.1 Å². The van der Waals surface area contributed by atoms with Gasteiger partial charge in [-0.15, -0.1) is 0 Å². The van der Waals surface area contributed by atoms with E-state index >= 15 is 0 Å². The van der Waals surface area contributed by atoms with Crippen LogP contribution in [0.2, 0.25) is 0 Å². The molecule has 2 amide bonds. The Labute approximate surface area is 176 Å². The van der Waals surface area contributed by atoms with Crippen molar-refractivity contribution in [3.05, 3.63) is 29.6 Å². The van der Waals surface area contributed by atoms with Crippen molar-refractivity contribution in [1.82, 2.24) is 24.8 Å². The lowest BCUT2D eigenvalue weighted by Crippen LogP contribution is -2.60. The molecule has 3 rings (SSSR count). The first-order valence-corrected chi connectivity index (χ1v) is 10.2. The number of nitrogens with one attached hydrogen (secondary N) is 1. The van der Waals surface area contributed by atoms with Crippen LogP contribution in [0.5, 0.6) is 0 Å². The number of carbonyl (C=O) groups excluding carboxylic acids is 1. The number of fused-ring (bicyclic) bond motifs is 1. The Morgan fingerprint density at radius 2 is 2.13 bits per heavy atom. The van der Waals surface area contributed by atoms with Crippen molar-refractivity contribution in [3.63, 3.8) is 0 Å². The summed E-state index contributed by atoms with van der Waals surface area (Å²) in [7, 11) is 3.75. The van der Waals surface area contributed by atoms with Gasteiger partial charge in [0.25, 0.3) is 5.89 Å². The van der Waals surface area contributed by atoms with E-state index < -0.39 is 6.09 Å². The lowest BCUT2D eigenvalue weighted by molar-refractivity contribution is -0.129. The van der Waals surface area contributed by atoms with Gasteiger partial charge in [0.1, 0.15) is 5.69 Å². The third kappa shape index (κ3) is 3.70. The number of nitrogens with zero attached hydrogens (tertiary/aromatic N) is 4. The molecule has 0 aliphatic carbocycles. The second-order valence-corrected chi connectivity index (χ2v) is 7.91. The molecule has 9 heteroatoms. The predicted molar refractivity (Wildman–Crippen MR) is 113 cm³/mol. The minimum atomic E-state index is -0.975. The van der Waals surface area contributed by atoms with E-state index in [-0.39, 0.29) is 22.5 Å². The molecule has 0 fully saturated rings. The quantitative estimate of drug-likeness (QED) is 0.697. The number of aromatic nitrogens is 2. The van der Waals surface area contributed by atoms with Crippen LogP contribution >= 0.6 is 0 Å². The lowest BCUT2D eigenvalue weighted by Gasteiger charge is -2.45. The van der Waals surface area contributed by atoms with E-state index in [0.29, 0.717) is 36.7 Å². The minimum absolute atomic E-state index is 0.0143. The summed E-state index contributed by atoms with van der Waals surface area (Å²) >= 11 is 0. The molecular formula is C21H30N5O4+. The van der Waals surface area contributed by atoms with Crippen molar-refractivity contribution < 1.29 is 19.2 Å². The smallest absolute Gasteiger partial charge is 0.407 e. The van der Waals surface area contributed by atoms with Gasteiger partial charge in [-0.3, -0.25) is 0 Å². The van der Waals surface area contributed by atoms with Gasteiger partial charge in [0, 0.05) is 43.1 Å². The van der Waals surface area contributed by atoms with Gasteiger partial charge >= 0.3 is 12.0 Å². The Kier molecular flexibility index (Phi) is 6.23. The minimum Gasteiger partial charge on any atom is -0.465 e. The molecule has 0 saturated carbocycles. The van der Waals surface area contributed by atoms with E-state index in [9.17, 15) is 14.7 Å². The second-order valence-electron chi connectivity index (χ2n) is 7.91. The van der Waals surface area contributed by atoms with Crippen LogP contribution in [0.25, 0.3) is 11.5 Å². The average Bonchev–Trinajstić information content (AvgIpc) is 3.18. The molecule has 0 saturated heterocycles. The Morgan fingerprint density at radius 1 is 1.40 bits per heavy atom. The second kappa shape index (κ2) is 8.53. The van der Waals surface area contributed by atoms with Crippen LogP contribution in [-0.4, -0.2) is 65.4 Å². The van der Waals surface area contributed by atoms with Crippen molar-refractivity contribution in [3.8, 4) is 11.5 Å². The number of carbonyl (C=O) groups is 2. The molecule has 2 N–H and O–H groups in total. The monoisotopic (exact) mass is 416 g/mol. The Morgan fingerprint density at radius 3 is 2.73 bits per heavy atom. The van der Waals surface area contributed by atoms with Crippen molar-refractivity contribution in [1.29, 1.82) is 0 Å². The van der Waals surface area contributed by atoms with E-state index in [4.69, 9.17) is 4.52 Å². The molecule has 2 heterocycles. The molecule has 162 valence electrons. The standard InChI is InChI=1S/C21H29N5O4/c1-6-25(21(28)29)17-11-13(2)26(5,14(3)27)18-8-7-15(12-16(17)18)20-23-19(24-30-20)9-10-22-4/h7-8,12-13,17,22H,6,9-11H2,1-5H3/p+1/t13-,17+,26?/m0/s1. The summed E-state index contributed by atoms with van der Waals surface area (Å²) in [6, 6.07) is 5.24. The summed E-state index contributed by atoms with van der Waals surface area (Å²) in [6.45, 7) is 6.49. The predicted octanol–water partition coefficient (Wildman–Crippen LogP) is 2.82. The van der Waals surface area contributed by atoms with Gasteiger partial charge in [-0.1, -0.05) is 5.16 Å². The number of hydrogen-bond donors (Lipinski definition) is 2. The number of quaternary nitrogens is 1. The molecular weight excluding hydrogens is 386 g/mol. The van der Waals surface area contributed by atoms with Crippen LogP contribution < -0.4 is 9.80 Å². The molecule has 30 heavy (non-hydrogen) atoms. The number of carboxylic acid groups (broad SMARTS) is 1. The average molecular weight is 417 g/mol. The largest absolute Gasteiger partial charge is 0.465 e. The molecule has 3 atom stereocenters. The van der Waals surface area contributed by atoms with Crippen LogP contribution in [0.15, 0.2) is 22.7 Å². The van der Waals surface area contributed by atoms with Crippen molar-refractivity contribution in [2.24, 2.45) is 0 Å². The summed E-state index contributed by atoms with van der Waals surface area (Å²) in [5.74, 6) is 1.00. The summed E-state index contributed by atoms with van der Waals surface area (Å²) in [5, 5.41) is 16.8. The van der Waals surface area contributed by atoms with Gasteiger partial charge in [-0.25, -0.2) is 14.1 Å². The Balaban J connectivity index is 2.11. The molecule has 1 aromatic carbocycles. The third-order valence-corrected chi connectivity index (χ3v) is 6.26. The summed E-state index contributed by atoms with van der Waals surface area (Å²) < 4.78 is 5.56. The maximum atomic E-state index is 12.6. The number of hydrogen-bond acceptors (Lipinski definition) is 6. The molecule has 1 unspecified atom stereocenters.